The Hall–Kier alpha value is -5.52. The summed E-state index contributed by atoms with van der Waals surface area (Å²) in [6.45, 7) is 0. The second kappa shape index (κ2) is 8.99. The normalized spacial score (nSPS) is 13.2. The number of hydrogen-bond donors (Lipinski definition) is 0. The molecule has 1 aliphatic carbocycles. The number of aromatic nitrogens is 2. The van der Waals surface area contributed by atoms with E-state index >= 15 is 0 Å². The molecule has 0 amide bonds. The Bertz CT molecular complexity index is 2380. The monoisotopic (exact) mass is 570 g/mol. The first-order valence-electron chi connectivity index (χ1n) is 14.2. The number of allylic oxidation sites excluding steroid dienone is 1. The van der Waals surface area contributed by atoms with Crippen molar-refractivity contribution < 1.29 is 9.59 Å². The van der Waals surface area contributed by atoms with Crippen LogP contribution in [0.1, 0.15) is 26.4 Å². The third-order valence-electron chi connectivity index (χ3n) is 8.48. The van der Waals surface area contributed by atoms with Crippen LogP contribution in [0.15, 0.2) is 133 Å². The number of carbonyl (C=O) groups is 2. The van der Waals surface area contributed by atoms with Gasteiger partial charge < -0.3 is 9.13 Å². The highest BCUT2D eigenvalue weighted by molar-refractivity contribution is 7.21. The van der Waals surface area contributed by atoms with Gasteiger partial charge in [0.05, 0.1) is 26.8 Å². The lowest BCUT2D eigenvalue weighted by atomic mass is 10.0. The van der Waals surface area contributed by atoms with Crippen LogP contribution in [-0.2, 0) is 0 Å². The first-order chi connectivity index (χ1) is 21.2. The molecule has 5 heteroatoms. The number of fused-ring (bicyclic) bond motifs is 6. The zero-order chi connectivity index (χ0) is 28.7. The summed E-state index contributed by atoms with van der Waals surface area (Å²) in [5, 5.41) is 5.46. The maximum absolute atomic E-state index is 13.6. The maximum Gasteiger partial charge on any atom is 0.197 e. The lowest BCUT2D eigenvalue weighted by Gasteiger charge is -2.09. The van der Waals surface area contributed by atoms with Gasteiger partial charge in [-0.2, -0.15) is 0 Å². The van der Waals surface area contributed by atoms with Gasteiger partial charge in [-0.1, -0.05) is 78.9 Å². The average Bonchev–Trinajstić information content (AvgIpc) is 3.76. The molecule has 1 aliphatic rings. The molecular weight excluding hydrogens is 548 g/mol. The molecule has 4 nitrogen and oxygen atoms in total. The van der Waals surface area contributed by atoms with E-state index in [9.17, 15) is 9.59 Å². The molecule has 0 saturated carbocycles. The van der Waals surface area contributed by atoms with Crippen molar-refractivity contribution in [3.63, 3.8) is 0 Å². The van der Waals surface area contributed by atoms with Crippen LogP contribution < -0.4 is 0 Å². The van der Waals surface area contributed by atoms with Crippen molar-refractivity contribution >= 4 is 71.8 Å². The van der Waals surface area contributed by atoms with Crippen LogP contribution in [0.25, 0.3) is 59.6 Å². The molecule has 202 valence electrons. The van der Waals surface area contributed by atoms with E-state index in [1.807, 2.05) is 54.6 Å². The van der Waals surface area contributed by atoms with Crippen LogP contribution in [0.4, 0.5) is 0 Å². The quantitative estimate of drug-likeness (QED) is 0.157. The van der Waals surface area contributed by atoms with Gasteiger partial charge in [-0.05, 0) is 65.4 Å². The van der Waals surface area contributed by atoms with E-state index in [4.69, 9.17) is 0 Å². The van der Waals surface area contributed by atoms with Crippen LogP contribution in [-0.4, -0.2) is 20.7 Å². The Morgan fingerprint density at radius 1 is 0.535 bits per heavy atom. The highest BCUT2D eigenvalue weighted by atomic mass is 32.1. The summed E-state index contributed by atoms with van der Waals surface area (Å²) < 4.78 is 5.55. The smallest absolute Gasteiger partial charge is 0.197 e. The molecular formula is C38H22N2O2S. The predicted octanol–water partition coefficient (Wildman–Crippen LogP) is 9.40. The minimum atomic E-state index is -0.221. The summed E-state index contributed by atoms with van der Waals surface area (Å²) in [4.78, 5) is 27.2. The number of ketones is 2. The number of rotatable bonds is 3. The van der Waals surface area contributed by atoms with Crippen LogP contribution in [0, 0.1) is 0 Å². The lowest BCUT2D eigenvalue weighted by Crippen LogP contribution is -2.03. The average molecular weight is 571 g/mol. The second-order valence-electron chi connectivity index (χ2n) is 10.9. The third kappa shape index (κ3) is 3.49. The Balaban J connectivity index is 1.25. The highest BCUT2D eigenvalue weighted by Gasteiger charge is 2.34. The van der Waals surface area contributed by atoms with Gasteiger partial charge in [0.15, 0.2) is 11.6 Å². The van der Waals surface area contributed by atoms with E-state index in [1.165, 1.54) is 10.8 Å². The molecule has 0 bridgehead atoms. The van der Waals surface area contributed by atoms with Crippen molar-refractivity contribution in [3.8, 4) is 10.7 Å². The first-order valence-corrected chi connectivity index (χ1v) is 15.0. The summed E-state index contributed by atoms with van der Waals surface area (Å²) in [6.07, 6.45) is 1.77. The number of thiophene rings is 1. The molecule has 0 spiro atoms. The summed E-state index contributed by atoms with van der Waals surface area (Å²) >= 11 is 1.71. The van der Waals surface area contributed by atoms with E-state index in [0.29, 0.717) is 11.1 Å². The van der Waals surface area contributed by atoms with Gasteiger partial charge in [0.25, 0.3) is 0 Å². The number of hydrogen-bond acceptors (Lipinski definition) is 3. The molecule has 0 unspecified atom stereocenters. The van der Waals surface area contributed by atoms with Gasteiger partial charge >= 0.3 is 0 Å². The van der Waals surface area contributed by atoms with Crippen molar-refractivity contribution in [2.75, 3.05) is 0 Å². The molecule has 3 aromatic heterocycles. The standard InChI is InChI=1S/C38H22N2O2S/c41-37-29-18-23-10-4-5-11-24(23)19-30(29)38(42)31(37)20-26-21-35-34(39(26)25-12-2-1-3-13-25)22-36(43-35)40-32-16-8-6-14-27(32)28-15-7-9-17-33(28)40/h1-22H. The Kier molecular flexibility index (Phi) is 5.04. The number of Topliss-reactive ketones (excluding diaryl/α,β-unsaturated/α-hetero) is 2. The lowest BCUT2D eigenvalue weighted by molar-refractivity contribution is 0.0990. The van der Waals surface area contributed by atoms with Crippen molar-refractivity contribution in [1.29, 1.82) is 0 Å². The van der Waals surface area contributed by atoms with Crippen LogP contribution in [0.5, 0.6) is 0 Å². The van der Waals surface area contributed by atoms with Crippen molar-refractivity contribution in [1.82, 2.24) is 9.13 Å². The summed E-state index contributed by atoms with van der Waals surface area (Å²) in [5.41, 5.74) is 6.28. The summed E-state index contributed by atoms with van der Waals surface area (Å²) in [5.74, 6) is -0.443. The predicted molar refractivity (Wildman–Crippen MR) is 176 cm³/mol. The molecule has 0 atom stereocenters. The fraction of sp³-hybridized carbons (Fsp3) is 0. The fourth-order valence-electron chi connectivity index (χ4n) is 6.53. The van der Waals surface area contributed by atoms with Crippen LogP contribution in [0.2, 0.25) is 0 Å². The summed E-state index contributed by atoms with van der Waals surface area (Å²) in [6, 6.07) is 42.9. The van der Waals surface area contributed by atoms with Crippen molar-refractivity contribution in [2.45, 2.75) is 0 Å². The molecule has 0 radical (unpaired) electrons. The molecule has 9 rings (SSSR count). The second-order valence-corrected chi connectivity index (χ2v) is 12.0. The molecule has 0 aliphatic heterocycles. The van der Waals surface area contributed by atoms with E-state index < -0.39 is 0 Å². The van der Waals surface area contributed by atoms with Gasteiger partial charge in [0.1, 0.15) is 5.00 Å². The van der Waals surface area contributed by atoms with Crippen LogP contribution in [0.3, 0.4) is 0 Å². The highest BCUT2D eigenvalue weighted by Crippen LogP contribution is 2.40. The van der Waals surface area contributed by atoms with Crippen molar-refractivity contribution in [3.05, 3.63) is 150 Å². The van der Waals surface area contributed by atoms with Gasteiger partial charge in [-0.3, -0.25) is 9.59 Å². The minimum Gasteiger partial charge on any atom is -0.309 e. The number of nitrogens with zero attached hydrogens (tertiary/aromatic N) is 2. The minimum absolute atomic E-state index is 0.204. The third-order valence-corrected chi connectivity index (χ3v) is 9.53. The number of benzene rings is 5. The molecule has 8 aromatic rings. The largest absolute Gasteiger partial charge is 0.309 e. The van der Waals surface area contributed by atoms with Gasteiger partial charge in [-0.15, -0.1) is 11.3 Å². The molecule has 0 fully saturated rings. The summed E-state index contributed by atoms with van der Waals surface area (Å²) in [7, 11) is 0. The molecule has 3 heterocycles. The number of para-hydroxylation sites is 3. The van der Waals surface area contributed by atoms with Crippen molar-refractivity contribution in [2.24, 2.45) is 0 Å². The van der Waals surface area contributed by atoms with E-state index in [1.54, 1.807) is 17.4 Å². The molecule has 0 saturated heterocycles. The Morgan fingerprint density at radius 3 is 1.72 bits per heavy atom. The Morgan fingerprint density at radius 2 is 1.09 bits per heavy atom. The molecule has 0 N–H and O–H groups in total. The van der Waals surface area contributed by atoms with E-state index in [-0.39, 0.29) is 17.1 Å². The van der Waals surface area contributed by atoms with Gasteiger partial charge in [0, 0.05) is 33.3 Å². The van der Waals surface area contributed by atoms with E-state index in [0.717, 1.165) is 48.4 Å². The maximum atomic E-state index is 13.6. The van der Waals surface area contributed by atoms with Crippen LogP contribution >= 0.6 is 11.3 Å². The Labute approximate surface area is 250 Å². The van der Waals surface area contributed by atoms with E-state index in [2.05, 4.69) is 81.9 Å². The van der Waals surface area contributed by atoms with Gasteiger partial charge in [0.2, 0.25) is 0 Å². The molecule has 5 aromatic carbocycles. The molecule has 43 heavy (non-hydrogen) atoms. The topological polar surface area (TPSA) is 44.0 Å². The fourth-order valence-corrected chi connectivity index (χ4v) is 7.65. The zero-order valence-corrected chi connectivity index (χ0v) is 23.6. The SMILES string of the molecule is O=C1C(=Cc2cc3sc(-n4c5ccccc5c5ccccc54)cc3n2-c2ccccc2)C(=O)c2cc3ccccc3cc21. The van der Waals surface area contributed by atoms with Gasteiger partial charge in [-0.25, -0.2) is 0 Å². The number of carbonyl (C=O) groups excluding carboxylic acids is 2. The zero-order valence-electron chi connectivity index (χ0n) is 22.8. The first kappa shape index (κ1) is 24.1.